The third-order valence-electron chi connectivity index (χ3n) is 8.97. The Morgan fingerprint density at radius 3 is 2.38 bits per heavy atom. The number of hydrogen-bond donors (Lipinski definition) is 0. The van der Waals surface area contributed by atoms with Crippen molar-refractivity contribution in [1.82, 2.24) is 0 Å². The highest BCUT2D eigenvalue weighted by atomic mass is 19.1. The van der Waals surface area contributed by atoms with E-state index >= 15 is 0 Å². The maximum absolute atomic E-state index is 14.3. The SMILES string of the molecule is CC[C@H]1CCC2C3C(=O)CC4CC(=O)[C@@H](F)CC4(C)C3CC[C@@]21C. The van der Waals surface area contributed by atoms with E-state index in [0.717, 1.165) is 12.3 Å². The molecule has 8 atom stereocenters. The van der Waals surface area contributed by atoms with E-state index in [1.807, 2.05) is 0 Å². The molecule has 0 N–H and O–H groups in total. The van der Waals surface area contributed by atoms with Gasteiger partial charge in [0.15, 0.2) is 12.0 Å². The van der Waals surface area contributed by atoms with Crippen molar-refractivity contribution in [2.75, 3.05) is 0 Å². The van der Waals surface area contributed by atoms with Crippen molar-refractivity contribution in [2.24, 2.45) is 40.4 Å². The second-order valence-corrected chi connectivity index (χ2v) is 9.68. The quantitative estimate of drug-likeness (QED) is 0.693. The Morgan fingerprint density at radius 2 is 1.67 bits per heavy atom. The maximum Gasteiger partial charge on any atom is 0.167 e. The highest BCUT2D eigenvalue weighted by Gasteiger charge is 2.63. The van der Waals surface area contributed by atoms with Gasteiger partial charge in [0.2, 0.25) is 0 Å². The summed E-state index contributed by atoms with van der Waals surface area (Å²) >= 11 is 0. The van der Waals surface area contributed by atoms with Crippen LogP contribution >= 0.6 is 0 Å². The Hall–Kier alpha value is -0.730. The molecule has 0 aliphatic heterocycles. The summed E-state index contributed by atoms with van der Waals surface area (Å²) in [6.45, 7) is 6.89. The van der Waals surface area contributed by atoms with E-state index in [9.17, 15) is 14.0 Å². The molecule has 4 saturated carbocycles. The average Bonchev–Trinajstić information content (AvgIpc) is 2.87. The van der Waals surface area contributed by atoms with Crippen molar-refractivity contribution in [3.8, 4) is 0 Å². The number of carbonyl (C=O) groups excluding carboxylic acids is 2. The standard InChI is InChI=1S/C21H31FO2/c1-4-12-5-6-14-19-15(7-8-20(12,14)2)21(3)11-16(22)17(23)9-13(21)10-18(19)24/h12-16,19H,4-11H2,1-3H3/t12-,13?,14?,15?,16-,19?,20+,21?/m0/s1. The highest BCUT2D eigenvalue weighted by molar-refractivity contribution is 5.88. The molecule has 0 spiro atoms. The van der Waals surface area contributed by atoms with Gasteiger partial charge in [-0.15, -0.1) is 0 Å². The zero-order valence-corrected chi connectivity index (χ0v) is 15.3. The van der Waals surface area contributed by atoms with Crippen LogP contribution in [0.25, 0.3) is 0 Å². The zero-order valence-electron chi connectivity index (χ0n) is 15.3. The minimum Gasteiger partial charge on any atom is -0.299 e. The molecule has 0 amide bonds. The molecule has 4 rings (SSSR count). The topological polar surface area (TPSA) is 34.1 Å². The lowest BCUT2D eigenvalue weighted by Gasteiger charge is -2.59. The summed E-state index contributed by atoms with van der Waals surface area (Å²) in [7, 11) is 0. The van der Waals surface area contributed by atoms with E-state index in [0.29, 0.717) is 35.9 Å². The van der Waals surface area contributed by atoms with Crippen LogP contribution in [0.5, 0.6) is 0 Å². The van der Waals surface area contributed by atoms with Crippen LogP contribution in [0.15, 0.2) is 0 Å². The van der Waals surface area contributed by atoms with Gasteiger partial charge < -0.3 is 0 Å². The van der Waals surface area contributed by atoms with Crippen LogP contribution in [0, 0.1) is 40.4 Å². The molecule has 24 heavy (non-hydrogen) atoms. The number of ketones is 2. The van der Waals surface area contributed by atoms with Gasteiger partial charge in [-0.1, -0.05) is 27.2 Å². The second kappa shape index (κ2) is 5.38. The van der Waals surface area contributed by atoms with Gasteiger partial charge in [-0.2, -0.15) is 0 Å². The highest BCUT2D eigenvalue weighted by Crippen LogP contribution is 2.66. The van der Waals surface area contributed by atoms with Crippen LogP contribution in [0.1, 0.15) is 72.1 Å². The Balaban J connectivity index is 1.69. The smallest absolute Gasteiger partial charge is 0.167 e. The zero-order chi connectivity index (χ0) is 17.3. The summed E-state index contributed by atoms with van der Waals surface area (Å²) in [6, 6.07) is 0. The molecule has 4 aliphatic carbocycles. The van der Waals surface area contributed by atoms with E-state index in [4.69, 9.17) is 0 Å². The van der Waals surface area contributed by atoms with Gasteiger partial charge in [-0.05, 0) is 66.6 Å². The van der Waals surface area contributed by atoms with Gasteiger partial charge in [-0.3, -0.25) is 9.59 Å². The Labute approximate surface area is 145 Å². The van der Waals surface area contributed by atoms with E-state index < -0.39 is 6.17 Å². The number of fused-ring (bicyclic) bond motifs is 5. The molecule has 0 aromatic heterocycles. The first-order valence-corrected chi connectivity index (χ1v) is 10.0. The van der Waals surface area contributed by atoms with Crippen LogP contribution in [0.3, 0.4) is 0 Å². The Bertz CT molecular complexity index is 572. The lowest BCUT2D eigenvalue weighted by Crippen LogP contribution is -2.58. The molecule has 0 heterocycles. The van der Waals surface area contributed by atoms with Crippen LogP contribution < -0.4 is 0 Å². The van der Waals surface area contributed by atoms with Gasteiger partial charge in [0, 0.05) is 18.8 Å². The molecule has 0 radical (unpaired) electrons. The molecule has 4 aliphatic rings. The van der Waals surface area contributed by atoms with Gasteiger partial charge in [-0.25, -0.2) is 4.39 Å². The summed E-state index contributed by atoms with van der Waals surface area (Å²) in [6.07, 6.45) is 5.70. The number of alkyl halides is 1. The largest absolute Gasteiger partial charge is 0.299 e. The number of Topliss-reactive ketones (excluding diaryl/α,β-unsaturated/α-hetero) is 2. The summed E-state index contributed by atoms with van der Waals surface area (Å²) in [5.41, 5.74) is 0.145. The van der Waals surface area contributed by atoms with Crippen molar-refractivity contribution >= 4 is 11.6 Å². The number of rotatable bonds is 1. The minimum absolute atomic E-state index is 0.0819. The summed E-state index contributed by atoms with van der Waals surface area (Å²) in [5, 5.41) is 0. The molecule has 0 aromatic rings. The summed E-state index contributed by atoms with van der Waals surface area (Å²) in [4.78, 5) is 25.0. The van der Waals surface area contributed by atoms with Crippen molar-refractivity contribution in [3.05, 3.63) is 0 Å². The van der Waals surface area contributed by atoms with Crippen LogP contribution in [0.4, 0.5) is 4.39 Å². The molecule has 0 saturated heterocycles. The number of carbonyl (C=O) groups is 2. The summed E-state index contributed by atoms with van der Waals surface area (Å²) < 4.78 is 14.3. The lowest BCUT2D eigenvalue weighted by molar-refractivity contribution is -0.162. The average molecular weight is 334 g/mol. The Morgan fingerprint density at radius 1 is 1.00 bits per heavy atom. The Kier molecular flexibility index (Phi) is 3.75. The molecule has 3 heteroatoms. The fraction of sp³-hybridized carbons (Fsp3) is 0.905. The molecule has 0 bridgehead atoms. The van der Waals surface area contributed by atoms with Gasteiger partial charge in [0.1, 0.15) is 5.78 Å². The van der Waals surface area contributed by atoms with Gasteiger partial charge >= 0.3 is 0 Å². The van der Waals surface area contributed by atoms with Gasteiger partial charge in [0.05, 0.1) is 0 Å². The molecule has 134 valence electrons. The first kappa shape index (κ1) is 16.7. The lowest BCUT2D eigenvalue weighted by atomic mass is 9.44. The van der Waals surface area contributed by atoms with Crippen molar-refractivity contribution in [1.29, 1.82) is 0 Å². The third-order valence-corrected chi connectivity index (χ3v) is 8.97. The van der Waals surface area contributed by atoms with Crippen LogP contribution in [-0.4, -0.2) is 17.7 Å². The van der Waals surface area contributed by atoms with Crippen molar-refractivity contribution in [2.45, 2.75) is 78.3 Å². The van der Waals surface area contributed by atoms with E-state index in [1.54, 1.807) is 0 Å². The monoisotopic (exact) mass is 334 g/mol. The predicted octanol–water partition coefficient (Wildman–Crippen LogP) is 4.75. The van der Waals surface area contributed by atoms with Crippen LogP contribution in [-0.2, 0) is 9.59 Å². The third kappa shape index (κ3) is 2.05. The molecular formula is C21H31FO2. The summed E-state index contributed by atoms with van der Waals surface area (Å²) in [5.74, 6) is 1.85. The normalized spacial score (nSPS) is 54.2. The molecule has 2 nitrogen and oxygen atoms in total. The number of hydrogen-bond acceptors (Lipinski definition) is 2. The van der Waals surface area contributed by atoms with Crippen LogP contribution in [0.2, 0.25) is 0 Å². The molecular weight excluding hydrogens is 303 g/mol. The fourth-order valence-electron chi connectivity index (χ4n) is 7.52. The van der Waals surface area contributed by atoms with Gasteiger partial charge in [0.25, 0.3) is 0 Å². The fourth-order valence-corrected chi connectivity index (χ4v) is 7.52. The molecule has 0 aromatic carbocycles. The first-order chi connectivity index (χ1) is 11.3. The first-order valence-electron chi connectivity index (χ1n) is 10.0. The van der Waals surface area contributed by atoms with Crippen molar-refractivity contribution < 1.29 is 14.0 Å². The molecule has 4 fully saturated rings. The number of halogens is 1. The van der Waals surface area contributed by atoms with Crippen molar-refractivity contribution in [3.63, 3.8) is 0 Å². The predicted molar refractivity (Wildman–Crippen MR) is 91.2 cm³/mol. The maximum atomic E-state index is 14.3. The minimum atomic E-state index is -1.31. The second-order valence-electron chi connectivity index (χ2n) is 9.68. The molecule has 5 unspecified atom stereocenters. The van der Waals surface area contributed by atoms with E-state index in [1.165, 1.54) is 25.7 Å². The van der Waals surface area contributed by atoms with E-state index in [2.05, 4.69) is 20.8 Å². The van der Waals surface area contributed by atoms with E-state index in [-0.39, 0.29) is 29.5 Å².